The quantitative estimate of drug-likeness (QED) is 0.804. The molecule has 4 rings (SSSR count). The molecule has 1 fully saturated rings. The first-order chi connectivity index (χ1) is 10.6. The highest BCUT2D eigenvalue weighted by atomic mass is 16.4. The normalized spacial score (nSPS) is 14.6. The van der Waals surface area contributed by atoms with E-state index in [1.807, 2.05) is 47.0 Å². The largest absolute Gasteiger partial charge is 0.478 e. The average molecular weight is 295 g/mol. The third kappa shape index (κ3) is 2.19. The maximum absolute atomic E-state index is 11.5. The lowest BCUT2D eigenvalue weighted by Gasteiger charge is -2.05. The lowest BCUT2D eigenvalue weighted by Crippen LogP contribution is -1.99. The van der Waals surface area contributed by atoms with Crippen LogP contribution in [0.3, 0.4) is 0 Å². The second-order valence-electron chi connectivity index (χ2n) is 6.08. The van der Waals surface area contributed by atoms with Crippen molar-refractivity contribution in [1.82, 2.24) is 14.3 Å². The number of aromatic nitrogens is 3. The highest BCUT2D eigenvalue weighted by molar-refractivity contribution is 6.05. The molecule has 3 aromatic rings. The van der Waals surface area contributed by atoms with Crippen LogP contribution in [0.2, 0.25) is 0 Å². The first kappa shape index (κ1) is 13.1. The molecule has 5 heteroatoms. The van der Waals surface area contributed by atoms with Gasteiger partial charge in [0.15, 0.2) is 0 Å². The monoisotopic (exact) mass is 295 g/mol. The zero-order chi connectivity index (χ0) is 15.3. The van der Waals surface area contributed by atoms with E-state index in [1.165, 1.54) is 12.8 Å². The Balaban J connectivity index is 1.81. The van der Waals surface area contributed by atoms with Gasteiger partial charge in [-0.1, -0.05) is 0 Å². The lowest BCUT2D eigenvalue weighted by molar-refractivity contribution is 0.0699. The van der Waals surface area contributed by atoms with Gasteiger partial charge in [0, 0.05) is 42.5 Å². The van der Waals surface area contributed by atoms with Gasteiger partial charge in [-0.3, -0.25) is 4.68 Å². The second-order valence-corrected chi connectivity index (χ2v) is 6.08. The minimum Gasteiger partial charge on any atom is -0.478 e. The Morgan fingerprint density at radius 1 is 1.36 bits per heavy atom. The first-order valence-electron chi connectivity index (χ1n) is 7.47. The first-order valence-corrected chi connectivity index (χ1v) is 7.47. The van der Waals surface area contributed by atoms with E-state index in [0.29, 0.717) is 5.56 Å². The van der Waals surface area contributed by atoms with Crippen LogP contribution in [0, 0.1) is 5.92 Å². The predicted molar refractivity (Wildman–Crippen MR) is 83.8 cm³/mol. The molecule has 22 heavy (non-hydrogen) atoms. The van der Waals surface area contributed by atoms with Crippen LogP contribution in [0.1, 0.15) is 23.2 Å². The molecule has 112 valence electrons. The summed E-state index contributed by atoms with van der Waals surface area (Å²) in [5.74, 6) is -0.138. The van der Waals surface area contributed by atoms with Crippen molar-refractivity contribution < 1.29 is 9.90 Å². The number of benzene rings is 1. The summed E-state index contributed by atoms with van der Waals surface area (Å²) in [6.07, 6.45) is 8.28. The van der Waals surface area contributed by atoms with E-state index in [0.717, 1.165) is 34.5 Å². The van der Waals surface area contributed by atoms with Crippen LogP contribution < -0.4 is 0 Å². The van der Waals surface area contributed by atoms with E-state index >= 15 is 0 Å². The van der Waals surface area contributed by atoms with Gasteiger partial charge in [-0.15, -0.1) is 0 Å². The minimum absolute atomic E-state index is 0.336. The number of aryl methyl sites for hydroxylation is 1. The molecule has 0 radical (unpaired) electrons. The van der Waals surface area contributed by atoms with Crippen LogP contribution >= 0.6 is 0 Å². The van der Waals surface area contributed by atoms with E-state index in [9.17, 15) is 9.90 Å². The van der Waals surface area contributed by atoms with Crippen LogP contribution in [-0.4, -0.2) is 25.4 Å². The summed E-state index contributed by atoms with van der Waals surface area (Å²) in [4.78, 5) is 11.5. The molecule has 0 aliphatic heterocycles. The van der Waals surface area contributed by atoms with Crippen molar-refractivity contribution in [3.05, 3.63) is 42.4 Å². The Bertz CT molecular complexity index is 871. The number of carboxylic acid groups (broad SMARTS) is 1. The van der Waals surface area contributed by atoms with Gasteiger partial charge >= 0.3 is 5.97 Å². The fourth-order valence-corrected chi connectivity index (χ4v) is 2.89. The van der Waals surface area contributed by atoms with Crippen LogP contribution in [-0.2, 0) is 13.6 Å². The molecule has 0 bridgehead atoms. The maximum Gasteiger partial charge on any atom is 0.336 e. The SMILES string of the molecule is Cn1ccc2c(C(=O)O)cc(-c3cnn(CC4CC4)c3)cc21. The Hall–Kier alpha value is -2.56. The Labute approximate surface area is 127 Å². The van der Waals surface area contributed by atoms with Crippen molar-refractivity contribution in [1.29, 1.82) is 0 Å². The summed E-state index contributed by atoms with van der Waals surface area (Å²) < 4.78 is 3.91. The summed E-state index contributed by atoms with van der Waals surface area (Å²) in [7, 11) is 1.92. The second kappa shape index (κ2) is 4.73. The number of hydrogen-bond donors (Lipinski definition) is 1. The summed E-state index contributed by atoms with van der Waals surface area (Å²) in [5, 5.41) is 14.6. The molecule has 1 saturated carbocycles. The fraction of sp³-hybridized carbons (Fsp3) is 0.294. The highest BCUT2D eigenvalue weighted by Crippen LogP contribution is 2.32. The van der Waals surface area contributed by atoms with E-state index in [2.05, 4.69) is 5.10 Å². The molecule has 0 amide bonds. The number of hydrogen-bond acceptors (Lipinski definition) is 2. The lowest BCUT2D eigenvalue weighted by atomic mass is 10.0. The van der Waals surface area contributed by atoms with E-state index in [1.54, 1.807) is 6.07 Å². The molecule has 1 aromatic carbocycles. The van der Waals surface area contributed by atoms with Gasteiger partial charge in [-0.2, -0.15) is 5.10 Å². The van der Waals surface area contributed by atoms with Crippen LogP contribution in [0.4, 0.5) is 0 Å². The summed E-state index contributed by atoms with van der Waals surface area (Å²) in [5.41, 5.74) is 3.12. The Kier molecular flexibility index (Phi) is 2.82. The molecule has 2 aromatic heterocycles. The minimum atomic E-state index is -0.900. The van der Waals surface area contributed by atoms with Gasteiger partial charge in [0.2, 0.25) is 0 Å². The molecule has 0 atom stereocenters. The number of carboxylic acids is 1. The average Bonchev–Trinajstić information content (AvgIpc) is 3.05. The molecule has 0 saturated heterocycles. The summed E-state index contributed by atoms with van der Waals surface area (Å²) >= 11 is 0. The van der Waals surface area contributed by atoms with Gasteiger partial charge in [-0.05, 0) is 42.5 Å². The molecule has 1 aliphatic carbocycles. The molecule has 0 unspecified atom stereocenters. The third-order valence-corrected chi connectivity index (χ3v) is 4.34. The molecular formula is C17H17N3O2. The van der Waals surface area contributed by atoms with Gasteiger partial charge < -0.3 is 9.67 Å². The maximum atomic E-state index is 11.5. The standard InChI is InChI=1S/C17H17N3O2/c1-19-5-4-14-15(17(21)22)6-12(7-16(14)19)13-8-18-20(10-13)9-11-2-3-11/h4-8,10-11H,2-3,9H2,1H3,(H,21,22). The van der Waals surface area contributed by atoms with Gasteiger partial charge in [0.05, 0.1) is 11.8 Å². The summed E-state index contributed by atoms with van der Waals surface area (Å²) in [6, 6.07) is 5.61. The number of aromatic carboxylic acids is 1. The molecule has 5 nitrogen and oxygen atoms in total. The fourth-order valence-electron chi connectivity index (χ4n) is 2.89. The van der Waals surface area contributed by atoms with Crippen molar-refractivity contribution in [2.24, 2.45) is 13.0 Å². The zero-order valence-corrected chi connectivity index (χ0v) is 12.4. The number of nitrogens with zero attached hydrogens (tertiary/aromatic N) is 3. The molecular weight excluding hydrogens is 278 g/mol. The predicted octanol–water partition coefficient (Wildman–Crippen LogP) is 3.15. The number of fused-ring (bicyclic) bond motifs is 1. The van der Waals surface area contributed by atoms with Gasteiger partial charge in [0.1, 0.15) is 0 Å². The topological polar surface area (TPSA) is 60.1 Å². The Morgan fingerprint density at radius 2 is 2.18 bits per heavy atom. The number of carbonyl (C=O) groups is 1. The highest BCUT2D eigenvalue weighted by Gasteiger charge is 2.22. The smallest absolute Gasteiger partial charge is 0.336 e. The molecule has 2 heterocycles. The van der Waals surface area contributed by atoms with Crippen LogP contribution in [0.15, 0.2) is 36.8 Å². The Morgan fingerprint density at radius 3 is 2.91 bits per heavy atom. The van der Waals surface area contributed by atoms with Crippen molar-refractivity contribution in [2.75, 3.05) is 0 Å². The van der Waals surface area contributed by atoms with Crippen molar-refractivity contribution in [3.8, 4) is 11.1 Å². The van der Waals surface area contributed by atoms with Crippen LogP contribution in [0.5, 0.6) is 0 Å². The zero-order valence-electron chi connectivity index (χ0n) is 12.4. The van der Waals surface area contributed by atoms with Gasteiger partial charge in [-0.25, -0.2) is 4.79 Å². The van der Waals surface area contributed by atoms with E-state index < -0.39 is 5.97 Å². The molecule has 0 spiro atoms. The van der Waals surface area contributed by atoms with E-state index in [-0.39, 0.29) is 0 Å². The molecule has 1 N–H and O–H groups in total. The summed E-state index contributed by atoms with van der Waals surface area (Å²) in [6.45, 7) is 0.957. The number of rotatable bonds is 4. The van der Waals surface area contributed by atoms with Crippen molar-refractivity contribution in [2.45, 2.75) is 19.4 Å². The van der Waals surface area contributed by atoms with Gasteiger partial charge in [0.25, 0.3) is 0 Å². The van der Waals surface area contributed by atoms with Crippen LogP contribution in [0.25, 0.3) is 22.0 Å². The third-order valence-electron chi connectivity index (χ3n) is 4.34. The molecule has 1 aliphatic rings. The van der Waals surface area contributed by atoms with Crippen molar-refractivity contribution >= 4 is 16.9 Å². The van der Waals surface area contributed by atoms with Crippen molar-refractivity contribution in [3.63, 3.8) is 0 Å². The van der Waals surface area contributed by atoms with E-state index in [4.69, 9.17) is 0 Å².